The van der Waals surface area contributed by atoms with Crippen molar-refractivity contribution in [2.75, 3.05) is 7.05 Å². The average molecular weight is 427 g/mol. The van der Waals surface area contributed by atoms with E-state index in [1.807, 2.05) is 0 Å². The van der Waals surface area contributed by atoms with Crippen LogP contribution in [-0.4, -0.2) is 41.6 Å². The molecule has 0 aliphatic carbocycles. The van der Waals surface area contributed by atoms with Crippen molar-refractivity contribution in [3.8, 4) is 5.75 Å². The van der Waals surface area contributed by atoms with Gasteiger partial charge in [-0.25, -0.2) is 19.6 Å². The number of guanidine groups is 1. The molecule has 2 aromatic carbocycles. The van der Waals surface area contributed by atoms with Crippen molar-refractivity contribution in [2.24, 2.45) is 16.5 Å². The molecule has 2 amide bonds. The van der Waals surface area contributed by atoms with Gasteiger partial charge in [0.1, 0.15) is 11.4 Å². The smallest absolute Gasteiger partial charge is 0.428 e. The van der Waals surface area contributed by atoms with Crippen LogP contribution in [0.2, 0.25) is 0 Å². The van der Waals surface area contributed by atoms with Crippen LogP contribution in [0, 0.1) is 0 Å². The van der Waals surface area contributed by atoms with E-state index in [-0.39, 0.29) is 17.3 Å². The SMILES string of the molecule is CN(NC(=O)c1ccc(OC(=O)c2ccc(N=C(N)N)cc2)cc1)C(=O)OC(C)(C)C. The van der Waals surface area contributed by atoms with Crippen molar-refractivity contribution in [3.63, 3.8) is 0 Å². The molecule has 10 heteroatoms. The van der Waals surface area contributed by atoms with Crippen LogP contribution in [-0.2, 0) is 4.74 Å². The van der Waals surface area contributed by atoms with Gasteiger partial charge in [0.05, 0.1) is 11.3 Å². The first-order valence-corrected chi connectivity index (χ1v) is 9.24. The highest BCUT2D eigenvalue weighted by molar-refractivity contribution is 5.95. The van der Waals surface area contributed by atoms with Crippen LogP contribution in [0.1, 0.15) is 41.5 Å². The lowest BCUT2D eigenvalue weighted by Gasteiger charge is -2.24. The number of benzene rings is 2. The number of nitrogens with two attached hydrogens (primary N) is 2. The summed E-state index contributed by atoms with van der Waals surface area (Å²) >= 11 is 0. The average Bonchev–Trinajstić information content (AvgIpc) is 2.67. The Morgan fingerprint density at radius 2 is 1.48 bits per heavy atom. The van der Waals surface area contributed by atoms with Gasteiger partial charge < -0.3 is 20.9 Å². The van der Waals surface area contributed by atoms with Crippen molar-refractivity contribution < 1.29 is 23.9 Å². The summed E-state index contributed by atoms with van der Waals surface area (Å²) in [5.41, 5.74) is 13.4. The maximum Gasteiger partial charge on any atom is 0.428 e. The molecule has 31 heavy (non-hydrogen) atoms. The first-order valence-electron chi connectivity index (χ1n) is 9.24. The third-order valence-corrected chi connectivity index (χ3v) is 3.62. The molecule has 0 heterocycles. The van der Waals surface area contributed by atoms with Gasteiger partial charge in [0.25, 0.3) is 5.91 Å². The summed E-state index contributed by atoms with van der Waals surface area (Å²) in [5, 5.41) is 0.952. The molecule has 0 aliphatic heterocycles. The Bertz CT molecular complexity index is 975. The van der Waals surface area contributed by atoms with Gasteiger partial charge in [-0.1, -0.05) is 0 Å². The number of aliphatic imine (C=N–C) groups is 1. The molecule has 0 saturated carbocycles. The van der Waals surface area contributed by atoms with Gasteiger partial charge in [-0.3, -0.25) is 10.2 Å². The van der Waals surface area contributed by atoms with Crippen molar-refractivity contribution in [2.45, 2.75) is 26.4 Å². The third-order valence-electron chi connectivity index (χ3n) is 3.62. The van der Waals surface area contributed by atoms with Crippen molar-refractivity contribution >= 4 is 29.6 Å². The van der Waals surface area contributed by atoms with E-state index in [9.17, 15) is 14.4 Å². The Balaban J connectivity index is 1.96. The van der Waals surface area contributed by atoms with Gasteiger partial charge >= 0.3 is 12.1 Å². The molecule has 0 unspecified atom stereocenters. The number of nitrogens with one attached hydrogen (secondary N) is 1. The fourth-order valence-electron chi connectivity index (χ4n) is 2.25. The molecular formula is C21H25N5O5. The summed E-state index contributed by atoms with van der Waals surface area (Å²) in [7, 11) is 1.38. The lowest BCUT2D eigenvalue weighted by atomic mass is 10.2. The Morgan fingerprint density at radius 1 is 0.935 bits per heavy atom. The summed E-state index contributed by atoms with van der Waals surface area (Å²) in [6.07, 6.45) is -0.697. The summed E-state index contributed by atoms with van der Waals surface area (Å²) in [6.45, 7) is 5.16. The van der Waals surface area contributed by atoms with Crippen LogP contribution in [0.15, 0.2) is 53.5 Å². The largest absolute Gasteiger partial charge is 0.442 e. The van der Waals surface area contributed by atoms with E-state index in [1.54, 1.807) is 32.9 Å². The zero-order valence-corrected chi connectivity index (χ0v) is 17.7. The molecule has 5 N–H and O–H groups in total. The number of carbonyl (C=O) groups is 3. The maximum absolute atomic E-state index is 12.3. The molecule has 0 atom stereocenters. The van der Waals surface area contributed by atoms with E-state index in [4.69, 9.17) is 20.9 Å². The zero-order chi connectivity index (χ0) is 23.2. The minimum absolute atomic E-state index is 0.0864. The fraction of sp³-hybridized carbons (Fsp3) is 0.238. The van der Waals surface area contributed by atoms with E-state index in [0.29, 0.717) is 11.3 Å². The summed E-state index contributed by atoms with van der Waals surface area (Å²) in [6, 6.07) is 12.1. The van der Waals surface area contributed by atoms with Crippen LogP contribution in [0.5, 0.6) is 5.75 Å². The second kappa shape index (κ2) is 9.61. The second-order valence-corrected chi connectivity index (χ2v) is 7.48. The number of hydrogen-bond donors (Lipinski definition) is 3. The van der Waals surface area contributed by atoms with Crippen LogP contribution >= 0.6 is 0 Å². The lowest BCUT2D eigenvalue weighted by Crippen LogP contribution is -2.45. The Labute approximate surface area is 179 Å². The molecule has 0 spiro atoms. The maximum atomic E-state index is 12.3. The summed E-state index contributed by atoms with van der Waals surface area (Å²) in [5.74, 6) is -0.952. The molecule has 0 bridgehead atoms. The summed E-state index contributed by atoms with van der Waals surface area (Å²) in [4.78, 5) is 40.3. The molecule has 164 valence electrons. The molecule has 0 saturated heterocycles. The fourth-order valence-corrected chi connectivity index (χ4v) is 2.25. The van der Waals surface area contributed by atoms with Gasteiger partial charge in [-0.2, -0.15) is 0 Å². The van der Waals surface area contributed by atoms with E-state index in [2.05, 4.69) is 10.4 Å². The standard InChI is InChI=1S/C21H25N5O5/c1-21(2,3)31-20(29)26(4)25-17(27)13-7-11-16(12-8-13)30-18(28)14-5-9-15(10-6-14)24-19(22)23/h5-12H,1-4H3,(H,25,27)(H4,22,23,24). The van der Waals surface area contributed by atoms with Crippen molar-refractivity contribution in [1.82, 2.24) is 10.4 Å². The predicted octanol–water partition coefficient (Wildman–Crippen LogP) is 2.32. The van der Waals surface area contributed by atoms with Crippen LogP contribution in [0.25, 0.3) is 0 Å². The highest BCUT2D eigenvalue weighted by atomic mass is 16.6. The second-order valence-electron chi connectivity index (χ2n) is 7.48. The minimum atomic E-state index is -0.697. The van der Waals surface area contributed by atoms with Gasteiger partial charge in [0, 0.05) is 12.6 Å². The predicted molar refractivity (Wildman–Crippen MR) is 115 cm³/mol. The topological polar surface area (TPSA) is 149 Å². The van der Waals surface area contributed by atoms with Crippen LogP contribution in [0.4, 0.5) is 10.5 Å². The number of hydrogen-bond acceptors (Lipinski definition) is 6. The Hall–Kier alpha value is -4.08. The molecule has 0 aliphatic rings. The van der Waals surface area contributed by atoms with Crippen molar-refractivity contribution in [3.05, 3.63) is 59.7 Å². The highest BCUT2D eigenvalue weighted by Gasteiger charge is 2.21. The number of carbonyl (C=O) groups excluding carboxylic acids is 3. The van der Waals surface area contributed by atoms with Gasteiger partial charge in [-0.15, -0.1) is 0 Å². The number of esters is 1. The van der Waals surface area contributed by atoms with E-state index >= 15 is 0 Å². The van der Waals surface area contributed by atoms with Gasteiger partial charge in [0.15, 0.2) is 5.96 Å². The van der Waals surface area contributed by atoms with Crippen LogP contribution < -0.4 is 21.6 Å². The molecule has 0 fully saturated rings. The molecular weight excluding hydrogens is 402 g/mol. The highest BCUT2D eigenvalue weighted by Crippen LogP contribution is 2.17. The normalized spacial score (nSPS) is 10.6. The van der Waals surface area contributed by atoms with E-state index in [1.165, 1.54) is 43.4 Å². The molecule has 0 radical (unpaired) electrons. The molecule has 0 aromatic heterocycles. The van der Waals surface area contributed by atoms with Crippen LogP contribution in [0.3, 0.4) is 0 Å². The van der Waals surface area contributed by atoms with E-state index in [0.717, 1.165) is 5.01 Å². The Morgan fingerprint density at radius 3 is 2.00 bits per heavy atom. The van der Waals surface area contributed by atoms with Gasteiger partial charge in [-0.05, 0) is 69.3 Å². The number of rotatable bonds is 4. The quantitative estimate of drug-likeness (QED) is 0.223. The molecule has 2 aromatic rings. The number of amides is 2. The lowest BCUT2D eigenvalue weighted by molar-refractivity contribution is 0.0195. The number of nitrogens with zero attached hydrogens (tertiary/aromatic N) is 2. The number of ether oxygens (including phenoxy) is 2. The number of hydrazine groups is 1. The Kier molecular flexibility index (Phi) is 7.19. The summed E-state index contributed by atoms with van der Waals surface area (Å²) < 4.78 is 10.5. The molecule has 2 rings (SSSR count). The third kappa shape index (κ3) is 7.35. The monoisotopic (exact) mass is 427 g/mol. The molecule has 10 nitrogen and oxygen atoms in total. The first kappa shape index (κ1) is 23.2. The zero-order valence-electron chi connectivity index (χ0n) is 17.7. The van der Waals surface area contributed by atoms with Gasteiger partial charge in [0.2, 0.25) is 0 Å². The minimum Gasteiger partial charge on any atom is -0.442 e. The van der Waals surface area contributed by atoms with E-state index < -0.39 is 23.6 Å². The van der Waals surface area contributed by atoms with Crippen molar-refractivity contribution in [1.29, 1.82) is 0 Å². The first-order chi connectivity index (χ1) is 14.4.